The number of benzene rings is 2. The molecule has 172 valence electrons. The molecule has 0 spiro atoms. The summed E-state index contributed by atoms with van der Waals surface area (Å²) < 4.78 is 15.1. The van der Waals surface area contributed by atoms with Crippen molar-refractivity contribution in [3.8, 4) is 0 Å². The number of hydroxylamine groups is 1. The van der Waals surface area contributed by atoms with Crippen molar-refractivity contribution in [1.82, 2.24) is 31.3 Å². The van der Waals surface area contributed by atoms with Gasteiger partial charge in [0, 0.05) is 30.5 Å². The molecule has 1 aromatic heterocycles. The van der Waals surface area contributed by atoms with Gasteiger partial charge in [-0.25, -0.2) is 9.87 Å². The number of hydrogen-bond donors (Lipinski definition) is 5. The van der Waals surface area contributed by atoms with Crippen LogP contribution in [0.4, 0.5) is 4.39 Å². The van der Waals surface area contributed by atoms with E-state index in [1.165, 1.54) is 24.3 Å². The lowest BCUT2D eigenvalue weighted by Crippen LogP contribution is -2.46. The first-order valence-electron chi connectivity index (χ1n) is 10.4. The van der Waals surface area contributed by atoms with E-state index in [0.717, 1.165) is 16.5 Å². The quantitative estimate of drug-likeness (QED) is 0.263. The first-order chi connectivity index (χ1) is 15.9. The minimum Gasteiger partial charge on any atom is -0.351 e. The van der Waals surface area contributed by atoms with Gasteiger partial charge in [0.2, 0.25) is 5.91 Å². The Kier molecular flexibility index (Phi) is 6.57. The van der Waals surface area contributed by atoms with Gasteiger partial charge in [0.25, 0.3) is 5.91 Å². The lowest BCUT2D eigenvalue weighted by Gasteiger charge is -2.26. The molecule has 0 saturated heterocycles. The van der Waals surface area contributed by atoms with Crippen molar-refractivity contribution >= 4 is 22.7 Å². The van der Waals surface area contributed by atoms with Crippen LogP contribution in [-0.2, 0) is 18.3 Å². The zero-order valence-electron chi connectivity index (χ0n) is 18.0. The van der Waals surface area contributed by atoms with E-state index >= 15 is 0 Å². The average Bonchev–Trinajstić information content (AvgIpc) is 3.44. The van der Waals surface area contributed by atoms with E-state index in [0.29, 0.717) is 17.7 Å². The molecule has 1 aliphatic heterocycles. The van der Waals surface area contributed by atoms with Crippen LogP contribution in [0.1, 0.15) is 22.3 Å². The number of hydrazine groups is 2. The zero-order chi connectivity index (χ0) is 23.4. The van der Waals surface area contributed by atoms with Crippen LogP contribution in [0.5, 0.6) is 0 Å². The molecule has 0 unspecified atom stereocenters. The summed E-state index contributed by atoms with van der Waals surface area (Å²) in [6.07, 6.45) is 4.34. The summed E-state index contributed by atoms with van der Waals surface area (Å²) in [4.78, 5) is 24.2. The van der Waals surface area contributed by atoms with Gasteiger partial charge < -0.3 is 15.3 Å². The predicted molar refractivity (Wildman–Crippen MR) is 120 cm³/mol. The highest BCUT2D eigenvalue weighted by atomic mass is 19.1. The van der Waals surface area contributed by atoms with E-state index in [1.54, 1.807) is 16.7 Å². The van der Waals surface area contributed by atoms with Crippen LogP contribution in [0.25, 0.3) is 10.9 Å². The maximum Gasteiger partial charge on any atom is 0.251 e. The summed E-state index contributed by atoms with van der Waals surface area (Å²) in [5.41, 5.74) is 10.8. The fourth-order valence-electron chi connectivity index (χ4n) is 3.79. The Morgan fingerprint density at radius 2 is 1.94 bits per heavy atom. The number of carbonyl (C=O) groups excluding carboxylic acids is 2. The van der Waals surface area contributed by atoms with Gasteiger partial charge in [-0.05, 0) is 59.8 Å². The van der Waals surface area contributed by atoms with Gasteiger partial charge in [-0.2, -0.15) is 0 Å². The van der Waals surface area contributed by atoms with Crippen LogP contribution in [0.3, 0.4) is 0 Å². The van der Waals surface area contributed by atoms with Crippen LogP contribution in [0.15, 0.2) is 66.6 Å². The molecule has 0 radical (unpaired) electrons. The number of amides is 2. The van der Waals surface area contributed by atoms with E-state index in [9.17, 15) is 14.0 Å². The van der Waals surface area contributed by atoms with E-state index < -0.39 is 11.7 Å². The van der Waals surface area contributed by atoms with E-state index in [-0.39, 0.29) is 24.9 Å². The predicted octanol–water partition coefficient (Wildman–Crippen LogP) is 1.72. The third kappa shape index (κ3) is 5.30. The van der Waals surface area contributed by atoms with Crippen molar-refractivity contribution in [1.29, 1.82) is 0 Å². The summed E-state index contributed by atoms with van der Waals surface area (Å²) in [5.74, 6) is -1.24. The smallest absolute Gasteiger partial charge is 0.251 e. The number of halogens is 1. The summed E-state index contributed by atoms with van der Waals surface area (Å²) in [6, 6.07) is 13.2. The standard InChI is InChI=1S/C23H25FN6O3/c1-29-9-8-17-10-15(2-7-21(17)29)11-20(12-22(31)27-33)30-14-19(26-28-30)13-25-23(32)16-3-5-18(24)6-4-16/h2-10,14,20,26,28,33H,11-13H2,1H3,(H,25,32)(H,27,31)/t20-/m1/s1. The normalized spacial score (nSPS) is 14.0. The molecule has 0 bridgehead atoms. The third-order valence-corrected chi connectivity index (χ3v) is 5.55. The molecule has 4 rings (SSSR count). The highest BCUT2D eigenvalue weighted by molar-refractivity contribution is 5.94. The Morgan fingerprint density at radius 1 is 1.15 bits per heavy atom. The molecule has 1 aliphatic rings. The Balaban J connectivity index is 1.43. The second-order valence-electron chi connectivity index (χ2n) is 7.90. The fraction of sp³-hybridized carbons (Fsp3) is 0.217. The molecule has 10 heteroatoms. The SMILES string of the molecule is Cn1ccc2cc(C[C@H](CC(=O)NO)N3C=C(CNC(=O)c4ccc(F)cc4)NN3)ccc21. The van der Waals surface area contributed by atoms with Gasteiger partial charge in [-0.1, -0.05) is 6.07 Å². The van der Waals surface area contributed by atoms with Gasteiger partial charge in [-0.3, -0.25) is 19.8 Å². The van der Waals surface area contributed by atoms with Crippen molar-refractivity contribution < 1.29 is 19.2 Å². The summed E-state index contributed by atoms with van der Waals surface area (Å²) >= 11 is 0. The van der Waals surface area contributed by atoms with Gasteiger partial charge >= 0.3 is 0 Å². The third-order valence-electron chi connectivity index (χ3n) is 5.55. The highest BCUT2D eigenvalue weighted by Crippen LogP contribution is 2.20. The number of nitrogens with zero attached hydrogens (tertiary/aromatic N) is 2. The molecule has 5 N–H and O–H groups in total. The Hall–Kier alpha value is -3.89. The van der Waals surface area contributed by atoms with Crippen molar-refractivity contribution in [2.45, 2.75) is 18.9 Å². The molecule has 33 heavy (non-hydrogen) atoms. The number of aryl methyl sites for hydroxylation is 1. The minimum atomic E-state index is -0.506. The number of fused-ring (bicyclic) bond motifs is 1. The summed E-state index contributed by atoms with van der Waals surface area (Å²) in [7, 11) is 1.98. The van der Waals surface area contributed by atoms with Gasteiger partial charge in [0.05, 0.1) is 24.7 Å². The minimum absolute atomic E-state index is 0.0454. The molecule has 0 saturated carbocycles. The van der Waals surface area contributed by atoms with E-state index in [4.69, 9.17) is 5.21 Å². The van der Waals surface area contributed by atoms with Crippen LogP contribution in [0.2, 0.25) is 0 Å². The first-order valence-corrected chi connectivity index (χ1v) is 10.4. The lowest BCUT2D eigenvalue weighted by atomic mass is 10.0. The highest BCUT2D eigenvalue weighted by Gasteiger charge is 2.24. The maximum atomic E-state index is 13.0. The van der Waals surface area contributed by atoms with E-state index in [2.05, 4.69) is 22.3 Å². The lowest BCUT2D eigenvalue weighted by molar-refractivity contribution is -0.130. The monoisotopic (exact) mass is 452 g/mol. The van der Waals surface area contributed by atoms with Gasteiger partial charge in [0.15, 0.2) is 0 Å². The summed E-state index contributed by atoms with van der Waals surface area (Å²) in [6.45, 7) is 0.203. The number of aromatic nitrogens is 1. The van der Waals surface area contributed by atoms with Crippen molar-refractivity contribution in [3.05, 3.63) is 83.6 Å². The average molecular weight is 452 g/mol. The molecule has 2 amide bonds. The number of carbonyl (C=O) groups is 2. The molecular weight excluding hydrogens is 427 g/mol. The summed E-state index contributed by atoms with van der Waals surface area (Å²) in [5, 5.41) is 14.6. The van der Waals surface area contributed by atoms with Crippen molar-refractivity contribution in [3.63, 3.8) is 0 Å². The molecule has 3 aromatic rings. The maximum absolute atomic E-state index is 13.0. The first kappa shape index (κ1) is 22.3. The Morgan fingerprint density at radius 3 is 2.70 bits per heavy atom. The molecule has 0 aliphatic carbocycles. The largest absolute Gasteiger partial charge is 0.351 e. The van der Waals surface area contributed by atoms with Crippen molar-refractivity contribution in [2.75, 3.05) is 6.54 Å². The van der Waals surface area contributed by atoms with Gasteiger partial charge in [-0.15, -0.1) is 5.53 Å². The van der Waals surface area contributed by atoms with Crippen LogP contribution in [0, 0.1) is 5.82 Å². The molecular formula is C23H25FN6O3. The van der Waals surface area contributed by atoms with Crippen LogP contribution >= 0.6 is 0 Å². The van der Waals surface area contributed by atoms with Crippen molar-refractivity contribution in [2.24, 2.45) is 7.05 Å². The molecule has 0 fully saturated rings. The van der Waals surface area contributed by atoms with Crippen LogP contribution in [-0.4, -0.2) is 39.2 Å². The number of rotatable bonds is 8. The van der Waals surface area contributed by atoms with Crippen LogP contribution < -0.4 is 21.8 Å². The van der Waals surface area contributed by atoms with Gasteiger partial charge in [0.1, 0.15) is 5.82 Å². The molecule has 2 aromatic carbocycles. The molecule has 2 heterocycles. The second-order valence-corrected chi connectivity index (χ2v) is 7.90. The zero-order valence-corrected chi connectivity index (χ0v) is 18.0. The number of hydrogen-bond acceptors (Lipinski definition) is 6. The second kappa shape index (κ2) is 9.72. The number of nitrogens with one attached hydrogen (secondary N) is 4. The molecule has 1 atom stereocenters. The Labute approximate surface area is 189 Å². The van der Waals surface area contributed by atoms with E-state index in [1.807, 2.05) is 36.0 Å². The topological polar surface area (TPSA) is 111 Å². The molecule has 9 nitrogen and oxygen atoms in total. The Bertz CT molecular complexity index is 1190. The fourth-order valence-corrected chi connectivity index (χ4v) is 3.79.